The van der Waals surface area contributed by atoms with Crippen molar-refractivity contribution in [3.63, 3.8) is 0 Å². The number of carboxylic acids is 1. The molecule has 2 unspecified atom stereocenters. The average Bonchev–Trinajstić information content (AvgIpc) is 2.80. The fourth-order valence-electron chi connectivity index (χ4n) is 2.35. The number of nitrogens with one attached hydrogen (secondary N) is 2. The number of carbonyl (C=O) groups excluding carboxylic acids is 1. The topological polar surface area (TPSA) is 91.3 Å². The van der Waals surface area contributed by atoms with E-state index < -0.39 is 11.9 Å². The molecule has 6 nitrogen and oxygen atoms in total. The molecule has 0 radical (unpaired) electrons. The molecule has 6 heteroatoms. The van der Waals surface area contributed by atoms with Crippen molar-refractivity contribution in [1.82, 2.24) is 10.3 Å². The molecule has 1 aromatic heterocycles. The van der Waals surface area contributed by atoms with E-state index in [2.05, 4.69) is 15.6 Å². The van der Waals surface area contributed by atoms with E-state index in [9.17, 15) is 9.59 Å². The molecule has 1 saturated carbocycles. The number of pyridine rings is 1. The van der Waals surface area contributed by atoms with Crippen LogP contribution >= 0.6 is 0 Å². The molecule has 1 fully saturated rings. The van der Waals surface area contributed by atoms with Crippen molar-refractivity contribution in [3.8, 4) is 0 Å². The number of aryl methyl sites for hydroxylation is 1. The lowest BCUT2D eigenvalue weighted by Crippen LogP contribution is -2.42. The Morgan fingerprint density at radius 2 is 2.21 bits per heavy atom. The molecule has 2 rings (SSSR count). The third-order valence-corrected chi connectivity index (χ3v) is 3.44. The van der Waals surface area contributed by atoms with Gasteiger partial charge in [-0.3, -0.25) is 9.78 Å². The number of amides is 2. The zero-order valence-corrected chi connectivity index (χ0v) is 10.7. The largest absolute Gasteiger partial charge is 0.481 e. The van der Waals surface area contributed by atoms with E-state index in [1.165, 1.54) is 0 Å². The number of aliphatic carboxylic acids is 1. The molecule has 19 heavy (non-hydrogen) atoms. The summed E-state index contributed by atoms with van der Waals surface area (Å²) in [5.41, 5.74) is 1.54. The number of rotatable bonds is 3. The van der Waals surface area contributed by atoms with E-state index in [1.807, 2.05) is 6.92 Å². The van der Waals surface area contributed by atoms with Crippen LogP contribution in [0.2, 0.25) is 0 Å². The summed E-state index contributed by atoms with van der Waals surface area (Å²) in [6.45, 7) is 1.87. The van der Waals surface area contributed by atoms with Crippen molar-refractivity contribution >= 4 is 17.7 Å². The predicted octanol–water partition coefficient (Wildman–Crippen LogP) is 1.76. The zero-order valence-electron chi connectivity index (χ0n) is 10.7. The second-order valence-electron chi connectivity index (χ2n) is 4.77. The summed E-state index contributed by atoms with van der Waals surface area (Å²) in [5.74, 6) is -1.33. The molecule has 0 aliphatic heterocycles. The molecule has 0 spiro atoms. The maximum atomic E-state index is 11.8. The Bertz CT molecular complexity index is 490. The van der Waals surface area contributed by atoms with Gasteiger partial charge in [-0.25, -0.2) is 4.79 Å². The van der Waals surface area contributed by atoms with E-state index in [0.29, 0.717) is 18.5 Å². The molecule has 1 aromatic rings. The molecular weight excluding hydrogens is 246 g/mol. The second kappa shape index (κ2) is 5.69. The van der Waals surface area contributed by atoms with Crippen LogP contribution in [0.25, 0.3) is 0 Å². The van der Waals surface area contributed by atoms with Crippen molar-refractivity contribution in [2.24, 2.45) is 5.92 Å². The number of carbonyl (C=O) groups is 2. The Labute approximate surface area is 111 Å². The lowest BCUT2D eigenvalue weighted by atomic mass is 10.0. The van der Waals surface area contributed by atoms with Crippen LogP contribution < -0.4 is 10.6 Å². The van der Waals surface area contributed by atoms with Crippen molar-refractivity contribution in [3.05, 3.63) is 24.0 Å². The third kappa shape index (κ3) is 3.21. The molecule has 0 bridgehead atoms. The Morgan fingerprint density at radius 1 is 1.42 bits per heavy atom. The quantitative estimate of drug-likeness (QED) is 0.775. The standard InChI is InChI=1S/C13H17N3O3/c1-8-5-6-14-7-11(8)16-13(19)15-10-4-2-3-9(10)12(17)18/h5-7,9-10H,2-4H2,1H3,(H,17,18)(H2,15,16,19). The van der Waals surface area contributed by atoms with Gasteiger partial charge in [0.15, 0.2) is 0 Å². The number of aromatic nitrogens is 1. The Kier molecular flexibility index (Phi) is 3.99. The Balaban J connectivity index is 1.95. The van der Waals surface area contributed by atoms with Gasteiger partial charge < -0.3 is 15.7 Å². The van der Waals surface area contributed by atoms with E-state index in [0.717, 1.165) is 12.0 Å². The van der Waals surface area contributed by atoms with Gasteiger partial charge in [0.25, 0.3) is 0 Å². The highest BCUT2D eigenvalue weighted by Gasteiger charge is 2.33. The van der Waals surface area contributed by atoms with Crippen LogP contribution in [0, 0.1) is 12.8 Å². The minimum Gasteiger partial charge on any atom is -0.481 e. The fourth-order valence-corrected chi connectivity index (χ4v) is 2.35. The summed E-state index contributed by atoms with van der Waals surface area (Å²) in [4.78, 5) is 26.8. The number of hydrogen-bond acceptors (Lipinski definition) is 3. The van der Waals surface area contributed by atoms with Crippen molar-refractivity contribution in [2.45, 2.75) is 32.2 Å². The first-order valence-electron chi connectivity index (χ1n) is 6.29. The molecular formula is C13H17N3O3. The van der Waals surface area contributed by atoms with Crippen LogP contribution in [-0.2, 0) is 4.79 Å². The second-order valence-corrected chi connectivity index (χ2v) is 4.77. The number of hydrogen-bond donors (Lipinski definition) is 3. The summed E-state index contributed by atoms with van der Waals surface area (Å²) >= 11 is 0. The Morgan fingerprint density at radius 3 is 2.89 bits per heavy atom. The molecule has 2 atom stereocenters. The van der Waals surface area contributed by atoms with Crippen LogP contribution in [0.3, 0.4) is 0 Å². The van der Waals surface area contributed by atoms with Crippen molar-refractivity contribution in [2.75, 3.05) is 5.32 Å². The van der Waals surface area contributed by atoms with Crippen molar-refractivity contribution < 1.29 is 14.7 Å². The highest BCUT2D eigenvalue weighted by Crippen LogP contribution is 2.25. The number of carboxylic acid groups (broad SMARTS) is 1. The number of nitrogens with zero attached hydrogens (tertiary/aromatic N) is 1. The van der Waals surface area contributed by atoms with Crippen LogP contribution in [0.5, 0.6) is 0 Å². The highest BCUT2D eigenvalue weighted by atomic mass is 16.4. The van der Waals surface area contributed by atoms with Gasteiger partial charge in [0.2, 0.25) is 0 Å². The monoisotopic (exact) mass is 263 g/mol. The van der Waals surface area contributed by atoms with Gasteiger partial charge in [0, 0.05) is 12.2 Å². The lowest BCUT2D eigenvalue weighted by molar-refractivity contribution is -0.142. The van der Waals surface area contributed by atoms with Crippen LogP contribution in [0.4, 0.5) is 10.5 Å². The predicted molar refractivity (Wildman–Crippen MR) is 69.9 cm³/mol. The maximum absolute atomic E-state index is 11.8. The van der Waals surface area contributed by atoms with Gasteiger partial charge in [0.1, 0.15) is 0 Å². The fraction of sp³-hybridized carbons (Fsp3) is 0.462. The van der Waals surface area contributed by atoms with Crippen LogP contribution in [0.15, 0.2) is 18.5 Å². The van der Waals surface area contributed by atoms with Gasteiger partial charge in [-0.05, 0) is 31.4 Å². The third-order valence-electron chi connectivity index (χ3n) is 3.44. The summed E-state index contributed by atoms with van der Waals surface area (Å²) in [6.07, 6.45) is 5.37. The molecule has 1 aliphatic rings. The van der Waals surface area contributed by atoms with E-state index in [1.54, 1.807) is 18.5 Å². The lowest BCUT2D eigenvalue weighted by Gasteiger charge is -2.18. The van der Waals surface area contributed by atoms with E-state index >= 15 is 0 Å². The molecule has 1 aliphatic carbocycles. The first-order valence-corrected chi connectivity index (χ1v) is 6.29. The molecule has 1 heterocycles. The maximum Gasteiger partial charge on any atom is 0.319 e. The smallest absolute Gasteiger partial charge is 0.319 e. The first-order chi connectivity index (χ1) is 9.08. The molecule has 0 aromatic carbocycles. The van der Waals surface area contributed by atoms with Gasteiger partial charge in [0.05, 0.1) is 17.8 Å². The van der Waals surface area contributed by atoms with Gasteiger partial charge in [-0.15, -0.1) is 0 Å². The normalized spacial score (nSPS) is 21.9. The minimum atomic E-state index is -0.847. The van der Waals surface area contributed by atoms with Gasteiger partial charge >= 0.3 is 12.0 Å². The summed E-state index contributed by atoms with van der Waals surface area (Å²) in [5, 5.41) is 14.5. The molecule has 0 saturated heterocycles. The molecule has 102 valence electrons. The van der Waals surface area contributed by atoms with Crippen molar-refractivity contribution in [1.29, 1.82) is 0 Å². The zero-order chi connectivity index (χ0) is 13.8. The minimum absolute atomic E-state index is 0.297. The van der Waals surface area contributed by atoms with Crippen LogP contribution in [0.1, 0.15) is 24.8 Å². The van der Waals surface area contributed by atoms with E-state index in [-0.39, 0.29) is 12.1 Å². The number of anilines is 1. The molecule has 3 N–H and O–H groups in total. The number of urea groups is 1. The summed E-state index contributed by atoms with van der Waals surface area (Å²) in [7, 11) is 0. The SMILES string of the molecule is Cc1ccncc1NC(=O)NC1CCCC1C(=O)O. The summed E-state index contributed by atoms with van der Waals surface area (Å²) in [6, 6.07) is 1.12. The average molecular weight is 263 g/mol. The molecule has 2 amide bonds. The first kappa shape index (κ1) is 13.3. The summed E-state index contributed by atoms with van der Waals surface area (Å²) < 4.78 is 0. The van der Waals surface area contributed by atoms with Crippen LogP contribution in [-0.4, -0.2) is 28.1 Å². The highest BCUT2D eigenvalue weighted by molar-refractivity contribution is 5.90. The van der Waals surface area contributed by atoms with E-state index in [4.69, 9.17) is 5.11 Å². The van der Waals surface area contributed by atoms with Gasteiger partial charge in [-0.2, -0.15) is 0 Å². The van der Waals surface area contributed by atoms with Gasteiger partial charge in [-0.1, -0.05) is 6.42 Å². The Hall–Kier alpha value is -2.11.